The fourth-order valence-electron chi connectivity index (χ4n) is 9.11. The monoisotopic (exact) mass is 1080 g/mol. The van der Waals surface area contributed by atoms with Crippen molar-refractivity contribution < 1.29 is 46.6 Å². The lowest BCUT2D eigenvalue weighted by Crippen LogP contribution is -2.57. The topological polar surface area (TPSA) is 218 Å². The number of benzene rings is 3. The number of pyridine rings is 1. The number of azo groups is 1. The average Bonchev–Trinajstić information content (AvgIpc) is 4.21. The second-order valence-electron chi connectivity index (χ2n) is 20.0. The molecule has 23 heteroatoms. The van der Waals surface area contributed by atoms with E-state index in [-0.39, 0.29) is 43.6 Å². The molecule has 5 heterocycles. The summed E-state index contributed by atoms with van der Waals surface area (Å²) in [7, 11) is 0. The van der Waals surface area contributed by atoms with Gasteiger partial charge in [0.1, 0.15) is 35.5 Å². The third-order valence-corrected chi connectivity index (χ3v) is 14.5. The van der Waals surface area contributed by atoms with E-state index in [2.05, 4.69) is 35.8 Å². The summed E-state index contributed by atoms with van der Waals surface area (Å²) in [5, 5.41) is 33.7. The number of hydrogen-bond acceptors (Lipinski definition) is 14. The molecule has 76 heavy (non-hydrogen) atoms. The molecule has 3 N–H and O–H groups in total. The Hall–Kier alpha value is -7.55. The lowest BCUT2D eigenvalue weighted by atomic mass is 9.85. The van der Waals surface area contributed by atoms with Gasteiger partial charge in [-0.3, -0.25) is 29.1 Å². The number of aliphatic hydroxyl groups is 1. The van der Waals surface area contributed by atoms with Crippen molar-refractivity contribution >= 4 is 69.5 Å². The molecular formula is C53H53F4N11O6S2. The van der Waals surface area contributed by atoms with E-state index in [0.29, 0.717) is 46.3 Å². The van der Waals surface area contributed by atoms with E-state index < -0.39 is 81.8 Å². The molecule has 2 fully saturated rings. The van der Waals surface area contributed by atoms with Gasteiger partial charge in [-0.2, -0.15) is 23.5 Å². The number of hydrogen-bond donors (Lipinski definition) is 3. The summed E-state index contributed by atoms with van der Waals surface area (Å²) in [5.74, 6) is -2.94. The largest absolute Gasteiger partial charge is 0.486 e. The fraction of sp³-hybridized carbons (Fsp3) is 0.377. The minimum atomic E-state index is -5.21. The molecule has 0 bridgehead atoms. The Morgan fingerprint density at radius 2 is 1.72 bits per heavy atom. The van der Waals surface area contributed by atoms with Crippen LogP contribution in [-0.4, -0.2) is 97.6 Å². The molecule has 0 radical (unpaired) electrons. The number of nitriles is 1. The molecule has 5 aromatic rings. The molecule has 2 aromatic heterocycles. The van der Waals surface area contributed by atoms with Crippen LogP contribution in [0.4, 0.5) is 28.9 Å². The highest BCUT2D eigenvalue weighted by molar-refractivity contribution is 7.81. The number of β-amino-alcohol motifs (C(OH)–C–C–N with tert-alkyl or cyclic N) is 1. The van der Waals surface area contributed by atoms with Gasteiger partial charge in [-0.1, -0.05) is 45.0 Å². The number of thiocarbonyl (C=S) groups is 1. The number of nitrogens with zero attached hydrogens (tertiary/aromatic N) is 9. The van der Waals surface area contributed by atoms with Crippen LogP contribution in [0.5, 0.6) is 5.75 Å². The van der Waals surface area contributed by atoms with Crippen molar-refractivity contribution in [1.29, 1.82) is 5.26 Å². The second-order valence-corrected chi connectivity index (χ2v) is 21.3. The molecule has 3 aromatic carbocycles. The maximum atomic E-state index is 15.5. The van der Waals surface area contributed by atoms with Crippen LogP contribution in [0.25, 0.3) is 21.7 Å². The van der Waals surface area contributed by atoms with Crippen LogP contribution in [0.1, 0.15) is 82.7 Å². The number of anilines is 2. The van der Waals surface area contributed by atoms with E-state index in [4.69, 9.17) is 17.0 Å². The van der Waals surface area contributed by atoms with Crippen LogP contribution >= 0.6 is 23.6 Å². The third kappa shape index (κ3) is 11.6. The van der Waals surface area contributed by atoms with Crippen molar-refractivity contribution in [2.24, 2.45) is 20.6 Å². The quantitative estimate of drug-likeness (QED) is 0.0627. The molecule has 8 rings (SSSR count). The number of halogens is 4. The van der Waals surface area contributed by atoms with E-state index in [1.54, 1.807) is 53.2 Å². The minimum Gasteiger partial charge on any atom is -0.486 e. The molecule has 2 saturated heterocycles. The van der Waals surface area contributed by atoms with Crippen LogP contribution in [0.3, 0.4) is 0 Å². The highest BCUT2D eigenvalue weighted by atomic mass is 32.1. The molecule has 0 aliphatic carbocycles. The van der Waals surface area contributed by atoms with Crippen molar-refractivity contribution in [3.63, 3.8) is 0 Å². The van der Waals surface area contributed by atoms with Crippen molar-refractivity contribution in [1.82, 2.24) is 25.5 Å². The first-order valence-electron chi connectivity index (χ1n) is 24.2. The van der Waals surface area contributed by atoms with Crippen molar-refractivity contribution in [3.05, 3.63) is 113 Å². The van der Waals surface area contributed by atoms with Gasteiger partial charge in [0.05, 0.1) is 57.1 Å². The molecule has 396 valence electrons. The summed E-state index contributed by atoms with van der Waals surface area (Å²) in [4.78, 5) is 72.4. The number of carbonyl (C=O) groups is 4. The maximum absolute atomic E-state index is 15.5. The second kappa shape index (κ2) is 22.0. The number of aliphatic hydroxyl groups excluding tert-OH is 1. The Morgan fingerprint density at radius 3 is 2.36 bits per heavy atom. The fourth-order valence-corrected chi connectivity index (χ4v) is 10.4. The number of ether oxygens (including phenoxy) is 1. The molecule has 17 nitrogen and oxygen atoms in total. The SMILES string of the molecule is Cc1ncsc1-c1ccc(CNC(=O)[C@@H]2C[C@@H](O)CN2C(=O)[C@@H](NC(=O)CCCC2N=NC(COc3ccc(-c4ccc(N5C(=S)N(c6ccc(C#N)c(C(F)(F)F)c6F)C(=O)C5(C)C)cn4)cc3)=N2)C(C)(C)C)cc1. The molecule has 3 aliphatic rings. The summed E-state index contributed by atoms with van der Waals surface area (Å²) in [6.45, 7) is 10.6. The lowest BCUT2D eigenvalue weighted by Gasteiger charge is -2.35. The van der Waals surface area contributed by atoms with Crippen LogP contribution < -0.4 is 25.2 Å². The number of thiazole rings is 1. The number of amides is 4. The number of alkyl halides is 3. The Morgan fingerprint density at radius 1 is 1.01 bits per heavy atom. The minimum absolute atomic E-state index is 0.0123. The number of likely N-dealkylation sites (tertiary alicyclic amines) is 1. The van der Waals surface area contributed by atoms with Crippen LogP contribution in [-0.2, 0) is 31.9 Å². The number of aromatic nitrogens is 2. The van der Waals surface area contributed by atoms with Gasteiger partial charge in [-0.05, 0) is 111 Å². The molecule has 0 spiro atoms. The van der Waals surface area contributed by atoms with Gasteiger partial charge in [0.15, 0.2) is 22.9 Å². The Bertz CT molecular complexity index is 3150. The molecule has 0 saturated carbocycles. The zero-order chi connectivity index (χ0) is 54.9. The van der Waals surface area contributed by atoms with E-state index in [9.17, 15) is 42.7 Å². The normalized spacial score (nSPS) is 18.7. The Labute approximate surface area is 444 Å². The van der Waals surface area contributed by atoms with Crippen LogP contribution in [0.15, 0.2) is 99.7 Å². The molecule has 3 aliphatic heterocycles. The number of aryl methyl sites for hydroxylation is 1. The summed E-state index contributed by atoms with van der Waals surface area (Å²) in [5.41, 5.74) is 0.549. The van der Waals surface area contributed by atoms with E-state index in [0.717, 1.165) is 33.8 Å². The molecule has 4 amide bonds. The smallest absolute Gasteiger partial charge is 0.420 e. The number of rotatable bonds is 16. The first kappa shape index (κ1) is 54.7. The maximum Gasteiger partial charge on any atom is 0.420 e. The van der Waals surface area contributed by atoms with E-state index >= 15 is 4.39 Å². The summed E-state index contributed by atoms with van der Waals surface area (Å²) < 4.78 is 62.8. The average molecular weight is 1080 g/mol. The van der Waals surface area contributed by atoms with Gasteiger partial charge >= 0.3 is 6.18 Å². The van der Waals surface area contributed by atoms with Gasteiger partial charge in [0.25, 0.3) is 5.91 Å². The van der Waals surface area contributed by atoms with Crippen LogP contribution in [0.2, 0.25) is 0 Å². The summed E-state index contributed by atoms with van der Waals surface area (Å²) in [6.07, 6.45) is -4.28. The number of amidine groups is 1. The first-order valence-corrected chi connectivity index (χ1v) is 25.5. The van der Waals surface area contributed by atoms with Crippen molar-refractivity contribution in [3.8, 4) is 33.5 Å². The van der Waals surface area contributed by atoms with Gasteiger partial charge in [-0.25, -0.2) is 14.4 Å². The van der Waals surface area contributed by atoms with Crippen molar-refractivity contribution in [2.45, 2.75) is 110 Å². The lowest BCUT2D eigenvalue weighted by molar-refractivity contribution is -0.144. The summed E-state index contributed by atoms with van der Waals surface area (Å²) in [6, 6.07) is 19.2. The van der Waals surface area contributed by atoms with Gasteiger partial charge in [0, 0.05) is 31.5 Å². The van der Waals surface area contributed by atoms with Crippen molar-refractivity contribution in [2.75, 3.05) is 23.0 Å². The third-order valence-electron chi connectivity index (χ3n) is 13.1. The van der Waals surface area contributed by atoms with E-state index in [1.165, 1.54) is 35.9 Å². The standard InChI is InChI=1S/C53H53F4N11O6S2/c1-29-45(76-28-61-29)32-12-10-30(11-13-32)24-60-47(71)39-22-35(69)26-66(39)48(72)46(51(2,3)4)63-42(70)9-7-8-40-62-41(65-64-40)27-74-36-18-14-31(15-19-36)37-20-17-34(25-59-37)68-50(75)67(49(73)52(68,5)6)38-21-16-33(23-58)43(44(38)54)53(55,56)57/h10-21,25,28,35,39-40,46,69H,7-9,22,24,26-27H2,1-6H3,(H,60,71)(H,63,70)/t35-,39+,40?,46-/m1/s1. The van der Waals surface area contributed by atoms with E-state index in [1.807, 2.05) is 52.0 Å². The predicted molar refractivity (Wildman–Crippen MR) is 280 cm³/mol. The van der Waals surface area contributed by atoms with Gasteiger partial charge in [0.2, 0.25) is 17.7 Å². The van der Waals surface area contributed by atoms with Crippen LogP contribution in [0, 0.1) is 29.5 Å². The number of aliphatic imine (C=N–C) groups is 1. The Kier molecular flexibility index (Phi) is 15.8. The number of carbonyl (C=O) groups excluding carboxylic acids is 4. The zero-order valence-electron chi connectivity index (χ0n) is 42.2. The zero-order valence-corrected chi connectivity index (χ0v) is 43.8. The highest BCUT2D eigenvalue weighted by Crippen LogP contribution is 2.42. The summed E-state index contributed by atoms with van der Waals surface area (Å²) >= 11 is 7.10. The molecular weight excluding hydrogens is 1030 g/mol. The van der Waals surface area contributed by atoms with Gasteiger partial charge in [-0.15, -0.1) is 16.5 Å². The molecule has 4 atom stereocenters. The number of nitrogens with one attached hydrogen (secondary N) is 2. The Balaban J connectivity index is 0.800. The highest BCUT2D eigenvalue weighted by Gasteiger charge is 2.52. The first-order chi connectivity index (χ1) is 36.0. The predicted octanol–water partition coefficient (Wildman–Crippen LogP) is 8.68. The van der Waals surface area contributed by atoms with Gasteiger partial charge < -0.3 is 30.3 Å². The molecule has 1 unspecified atom stereocenters.